The average molecular weight is 314 g/mol. The Hall–Kier alpha value is -1.46. The van der Waals surface area contributed by atoms with Crippen molar-refractivity contribution in [3.05, 3.63) is 51.8 Å². The van der Waals surface area contributed by atoms with Gasteiger partial charge in [-0.15, -0.1) is 0 Å². The van der Waals surface area contributed by atoms with Gasteiger partial charge in [0.25, 0.3) is 0 Å². The predicted molar refractivity (Wildman–Crippen MR) is 79.4 cm³/mol. The predicted octanol–water partition coefficient (Wildman–Crippen LogP) is 3.55. The van der Waals surface area contributed by atoms with Gasteiger partial charge in [-0.2, -0.15) is 5.10 Å². The lowest BCUT2D eigenvalue weighted by Gasteiger charge is -2.19. The van der Waals surface area contributed by atoms with Crippen LogP contribution in [-0.4, -0.2) is 16.3 Å². The molecule has 0 radical (unpaired) electrons. The van der Waals surface area contributed by atoms with Crippen molar-refractivity contribution in [3.8, 4) is 0 Å². The minimum Gasteiger partial charge on any atom is -0.310 e. The first kappa shape index (κ1) is 15.9. The summed E-state index contributed by atoms with van der Waals surface area (Å²) in [6.07, 6.45) is 0.479. The molecule has 1 aromatic heterocycles. The van der Waals surface area contributed by atoms with Gasteiger partial charge in [0, 0.05) is 31.1 Å². The molecular formula is C15H18ClF2N3. The third-order valence-electron chi connectivity index (χ3n) is 3.45. The molecule has 0 saturated carbocycles. The van der Waals surface area contributed by atoms with E-state index < -0.39 is 11.6 Å². The van der Waals surface area contributed by atoms with Crippen molar-refractivity contribution in [2.45, 2.75) is 26.3 Å². The lowest BCUT2D eigenvalue weighted by Crippen LogP contribution is -2.25. The van der Waals surface area contributed by atoms with Crippen LogP contribution >= 0.6 is 11.6 Å². The smallest absolute Gasteiger partial charge is 0.130 e. The van der Waals surface area contributed by atoms with Crippen molar-refractivity contribution in [1.82, 2.24) is 15.1 Å². The minimum absolute atomic E-state index is 0.289. The van der Waals surface area contributed by atoms with E-state index in [1.165, 1.54) is 12.1 Å². The van der Waals surface area contributed by atoms with Gasteiger partial charge in [0.2, 0.25) is 0 Å². The number of hydrogen-bond donors (Lipinski definition) is 1. The topological polar surface area (TPSA) is 29.9 Å². The Morgan fingerprint density at radius 2 is 2.10 bits per heavy atom. The molecular weight excluding hydrogens is 296 g/mol. The van der Waals surface area contributed by atoms with Crippen LogP contribution in [0.3, 0.4) is 0 Å². The molecule has 0 aliphatic rings. The summed E-state index contributed by atoms with van der Waals surface area (Å²) in [7, 11) is 1.80. The molecule has 1 N–H and O–H groups in total. The molecule has 1 heterocycles. The Labute approximate surface area is 127 Å². The largest absolute Gasteiger partial charge is 0.310 e. The fourth-order valence-corrected chi connectivity index (χ4v) is 2.66. The van der Waals surface area contributed by atoms with Crippen molar-refractivity contribution in [2.75, 3.05) is 6.54 Å². The summed E-state index contributed by atoms with van der Waals surface area (Å²) in [5.74, 6) is -1.14. The number of nitrogens with zero attached hydrogens (tertiary/aromatic N) is 2. The Bertz CT molecular complexity index is 640. The maximum absolute atomic E-state index is 14.0. The van der Waals surface area contributed by atoms with Crippen molar-refractivity contribution in [1.29, 1.82) is 0 Å². The number of halogens is 3. The van der Waals surface area contributed by atoms with Crippen LogP contribution < -0.4 is 5.32 Å². The van der Waals surface area contributed by atoms with Crippen LogP contribution in [0.5, 0.6) is 0 Å². The van der Waals surface area contributed by atoms with Gasteiger partial charge in [0.05, 0.1) is 16.4 Å². The molecule has 1 aromatic carbocycles. The molecule has 3 nitrogen and oxygen atoms in total. The zero-order valence-electron chi connectivity index (χ0n) is 12.3. The SMILES string of the molecule is CCNC(Cc1c(Cl)c(C)nn1C)c1ccc(F)cc1F. The van der Waals surface area contributed by atoms with E-state index in [1.807, 2.05) is 13.8 Å². The normalized spacial score (nSPS) is 12.7. The van der Waals surface area contributed by atoms with Gasteiger partial charge < -0.3 is 5.32 Å². The molecule has 0 bridgehead atoms. The van der Waals surface area contributed by atoms with E-state index in [0.717, 1.165) is 17.5 Å². The Balaban J connectivity index is 2.35. The maximum atomic E-state index is 14.0. The van der Waals surface area contributed by atoms with Crippen LogP contribution in [0.4, 0.5) is 8.78 Å². The van der Waals surface area contributed by atoms with E-state index in [1.54, 1.807) is 11.7 Å². The van der Waals surface area contributed by atoms with Gasteiger partial charge in [-0.1, -0.05) is 24.6 Å². The highest BCUT2D eigenvalue weighted by molar-refractivity contribution is 6.31. The first-order valence-corrected chi connectivity index (χ1v) is 7.18. The average Bonchev–Trinajstić information content (AvgIpc) is 2.65. The molecule has 2 aromatic rings. The second-order valence-corrected chi connectivity index (χ2v) is 5.33. The quantitative estimate of drug-likeness (QED) is 0.915. The lowest BCUT2D eigenvalue weighted by molar-refractivity contribution is 0.491. The third kappa shape index (κ3) is 3.41. The van der Waals surface area contributed by atoms with E-state index in [9.17, 15) is 8.78 Å². The van der Waals surface area contributed by atoms with Crippen LogP contribution in [0, 0.1) is 18.6 Å². The molecule has 114 valence electrons. The van der Waals surface area contributed by atoms with Crippen molar-refractivity contribution in [3.63, 3.8) is 0 Å². The molecule has 2 rings (SSSR count). The van der Waals surface area contributed by atoms with Crippen LogP contribution in [-0.2, 0) is 13.5 Å². The first-order valence-electron chi connectivity index (χ1n) is 6.80. The molecule has 0 fully saturated rings. The van der Waals surface area contributed by atoms with E-state index >= 15 is 0 Å². The lowest BCUT2D eigenvalue weighted by atomic mass is 10.0. The van der Waals surface area contributed by atoms with Gasteiger partial charge in [0.1, 0.15) is 11.6 Å². The van der Waals surface area contributed by atoms with E-state index in [2.05, 4.69) is 10.4 Å². The van der Waals surface area contributed by atoms with Gasteiger partial charge in [-0.25, -0.2) is 8.78 Å². The molecule has 21 heavy (non-hydrogen) atoms. The molecule has 1 atom stereocenters. The van der Waals surface area contributed by atoms with Crippen molar-refractivity contribution in [2.24, 2.45) is 7.05 Å². The van der Waals surface area contributed by atoms with Crippen LogP contribution in [0.15, 0.2) is 18.2 Å². The first-order chi connectivity index (χ1) is 9.93. The Morgan fingerprint density at radius 3 is 2.62 bits per heavy atom. The third-order valence-corrected chi connectivity index (χ3v) is 3.94. The molecule has 1 unspecified atom stereocenters. The number of likely N-dealkylation sites (N-methyl/N-ethyl adjacent to an activating group) is 1. The summed E-state index contributed by atoms with van der Waals surface area (Å²) in [4.78, 5) is 0. The summed E-state index contributed by atoms with van der Waals surface area (Å²) in [5.41, 5.74) is 1.99. The maximum Gasteiger partial charge on any atom is 0.130 e. The molecule has 0 amide bonds. The summed E-state index contributed by atoms with van der Waals surface area (Å²) in [6.45, 7) is 4.42. The molecule has 0 spiro atoms. The van der Waals surface area contributed by atoms with Crippen LogP contribution in [0.2, 0.25) is 5.02 Å². The molecule has 0 aliphatic carbocycles. The zero-order chi connectivity index (χ0) is 15.6. The number of nitrogens with one attached hydrogen (secondary N) is 1. The highest BCUT2D eigenvalue weighted by Gasteiger charge is 2.20. The standard InChI is InChI=1S/C15H18ClF2N3/c1-4-19-13(11-6-5-10(17)7-12(11)18)8-14-15(16)9(2)20-21(14)3/h5-7,13,19H,4,8H2,1-3H3. The van der Waals surface area contributed by atoms with E-state index in [-0.39, 0.29) is 6.04 Å². The summed E-state index contributed by atoms with van der Waals surface area (Å²) in [6, 6.07) is 3.34. The fraction of sp³-hybridized carbons (Fsp3) is 0.400. The zero-order valence-corrected chi connectivity index (χ0v) is 13.0. The van der Waals surface area contributed by atoms with Gasteiger partial charge in [0.15, 0.2) is 0 Å². The fourth-order valence-electron chi connectivity index (χ4n) is 2.42. The number of rotatable bonds is 5. The van der Waals surface area contributed by atoms with Gasteiger partial charge in [-0.05, 0) is 19.5 Å². The highest BCUT2D eigenvalue weighted by atomic mass is 35.5. The molecule has 0 aliphatic heterocycles. The number of benzene rings is 1. The number of hydrogen-bond acceptors (Lipinski definition) is 2. The van der Waals surface area contributed by atoms with Crippen molar-refractivity contribution >= 4 is 11.6 Å². The van der Waals surface area contributed by atoms with Gasteiger partial charge in [-0.3, -0.25) is 4.68 Å². The monoisotopic (exact) mass is 313 g/mol. The highest BCUT2D eigenvalue weighted by Crippen LogP contribution is 2.27. The molecule has 6 heteroatoms. The summed E-state index contributed by atoms with van der Waals surface area (Å²) >= 11 is 6.25. The van der Waals surface area contributed by atoms with E-state index in [0.29, 0.717) is 23.6 Å². The van der Waals surface area contributed by atoms with Crippen LogP contribution in [0.25, 0.3) is 0 Å². The second-order valence-electron chi connectivity index (χ2n) is 4.95. The summed E-state index contributed by atoms with van der Waals surface area (Å²) < 4.78 is 28.8. The van der Waals surface area contributed by atoms with Crippen LogP contribution in [0.1, 0.15) is 29.9 Å². The number of aryl methyl sites for hydroxylation is 2. The van der Waals surface area contributed by atoms with Gasteiger partial charge >= 0.3 is 0 Å². The Morgan fingerprint density at radius 1 is 1.38 bits per heavy atom. The summed E-state index contributed by atoms with van der Waals surface area (Å²) in [5, 5.41) is 8.05. The molecule has 0 saturated heterocycles. The van der Waals surface area contributed by atoms with Crippen molar-refractivity contribution < 1.29 is 8.78 Å². The van der Waals surface area contributed by atoms with E-state index in [4.69, 9.17) is 11.6 Å². The number of aromatic nitrogens is 2. The second kappa shape index (κ2) is 6.54. The minimum atomic E-state index is -0.582. The Kier molecular flexibility index (Phi) is 4.96.